The van der Waals surface area contributed by atoms with Crippen LogP contribution in [0.25, 0.3) is 0 Å². The molecular weight excluding hydrogens is 246 g/mol. The van der Waals surface area contributed by atoms with E-state index < -0.39 is 4.92 Å². The highest BCUT2D eigenvalue weighted by Gasteiger charge is 2.36. The van der Waals surface area contributed by atoms with Crippen LogP contribution in [0.1, 0.15) is 24.5 Å². The van der Waals surface area contributed by atoms with Crippen LogP contribution in [0, 0.1) is 10.1 Å². The number of anilines is 1. The third-order valence-corrected chi connectivity index (χ3v) is 4.13. The maximum atomic E-state index is 11.1. The van der Waals surface area contributed by atoms with E-state index in [1.807, 2.05) is 0 Å². The Bertz CT molecular complexity index is 532. The second-order valence-electron chi connectivity index (χ2n) is 5.21. The number of nitro benzene ring substituents is 1. The van der Waals surface area contributed by atoms with Crippen LogP contribution in [0.15, 0.2) is 12.1 Å². The molecule has 19 heavy (non-hydrogen) atoms. The second kappa shape index (κ2) is 4.47. The van der Waals surface area contributed by atoms with Crippen LogP contribution in [0.5, 0.6) is 0 Å². The van der Waals surface area contributed by atoms with Crippen molar-refractivity contribution in [2.24, 2.45) is 0 Å². The summed E-state index contributed by atoms with van der Waals surface area (Å²) >= 11 is 0. The lowest BCUT2D eigenvalue weighted by atomic mass is 9.94. The standard InChI is InChI=1S/C13H17N3O3/c1-8-14-6-11-3-2-9-4-10(7-17)13(16(18)19)5-12(9)15(8)11/h4-5,8,11,14,17H,2-3,6-7H2,1H3. The number of fused-ring (bicyclic) bond motifs is 3. The Labute approximate surface area is 111 Å². The summed E-state index contributed by atoms with van der Waals surface area (Å²) in [7, 11) is 0. The van der Waals surface area contributed by atoms with E-state index in [0.29, 0.717) is 11.6 Å². The number of aliphatic hydroxyl groups excluding tert-OH is 1. The largest absolute Gasteiger partial charge is 0.391 e. The molecule has 0 aromatic heterocycles. The van der Waals surface area contributed by atoms with Crippen molar-refractivity contribution in [2.45, 2.75) is 38.6 Å². The topological polar surface area (TPSA) is 78.6 Å². The molecule has 102 valence electrons. The van der Waals surface area contributed by atoms with E-state index in [-0.39, 0.29) is 18.5 Å². The lowest BCUT2D eigenvalue weighted by Gasteiger charge is -2.35. The van der Waals surface area contributed by atoms with E-state index in [4.69, 9.17) is 0 Å². The molecule has 6 heteroatoms. The van der Waals surface area contributed by atoms with Gasteiger partial charge in [0.15, 0.2) is 0 Å². The van der Waals surface area contributed by atoms with Gasteiger partial charge in [-0.25, -0.2) is 0 Å². The van der Waals surface area contributed by atoms with Crippen molar-refractivity contribution >= 4 is 11.4 Å². The molecule has 6 nitrogen and oxygen atoms in total. The van der Waals surface area contributed by atoms with Gasteiger partial charge < -0.3 is 10.0 Å². The zero-order chi connectivity index (χ0) is 13.6. The summed E-state index contributed by atoms with van der Waals surface area (Å²) in [6, 6.07) is 3.83. The summed E-state index contributed by atoms with van der Waals surface area (Å²) in [5.41, 5.74) is 2.46. The Balaban J connectivity index is 2.12. The zero-order valence-corrected chi connectivity index (χ0v) is 10.8. The van der Waals surface area contributed by atoms with Gasteiger partial charge in [-0.05, 0) is 31.4 Å². The van der Waals surface area contributed by atoms with Crippen LogP contribution in [-0.2, 0) is 13.0 Å². The molecule has 2 atom stereocenters. The summed E-state index contributed by atoms with van der Waals surface area (Å²) in [4.78, 5) is 12.9. The van der Waals surface area contributed by atoms with Gasteiger partial charge in [-0.1, -0.05) is 0 Å². The van der Waals surface area contributed by atoms with Gasteiger partial charge >= 0.3 is 0 Å². The average Bonchev–Trinajstić information content (AvgIpc) is 2.79. The molecule has 1 aromatic carbocycles. The monoisotopic (exact) mass is 263 g/mol. The van der Waals surface area contributed by atoms with Gasteiger partial charge in [-0.2, -0.15) is 0 Å². The van der Waals surface area contributed by atoms with Crippen LogP contribution >= 0.6 is 0 Å². The highest BCUT2D eigenvalue weighted by Crippen LogP contribution is 2.38. The van der Waals surface area contributed by atoms with Gasteiger partial charge in [0.1, 0.15) is 0 Å². The van der Waals surface area contributed by atoms with Gasteiger partial charge in [0.2, 0.25) is 0 Å². The van der Waals surface area contributed by atoms with Crippen LogP contribution in [0.3, 0.4) is 0 Å². The van der Waals surface area contributed by atoms with E-state index >= 15 is 0 Å². The number of nitro groups is 1. The maximum Gasteiger partial charge on any atom is 0.277 e. The van der Waals surface area contributed by atoms with Crippen molar-refractivity contribution in [3.8, 4) is 0 Å². The lowest BCUT2D eigenvalue weighted by Crippen LogP contribution is -2.40. The summed E-state index contributed by atoms with van der Waals surface area (Å²) in [5.74, 6) is 0. The molecular formula is C13H17N3O3. The van der Waals surface area contributed by atoms with Crippen LogP contribution in [0.4, 0.5) is 11.4 Å². The molecule has 0 aliphatic carbocycles. The number of nitrogens with one attached hydrogen (secondary N) is 1. The fraction of sp³-hybridized carbons (Fsp3) is 0.538. The predicted octanol–water partition coefficient (Wildman–Crippen LogP) is 1.16. The van der Waals surface area contributed by atoms with Crippen LogP contribution in [0.2, 0.25) is 0 Å². The van der Waals surface area contributed by atoms with Gasteiger partial charge in [0.25, 0.3) is 5.69 Å². The third-order valence-electron chi connectivity index (χ3n) is 4.13. The maximum absolute atomic E-state index is 11.1. The molecule has 0 radical (unpaired) electrons. The minimum atomic E-state index is -0.413. The summed E-state index contributed by atoms with van der Waals surface area (Å²) < 4.78 is 0. The number of aryl methyl sites for hydroxylation is 1. The first-order chi connectivity index (χ1) is 9.11. The average molecular weight is 263 g/mol. The first-order valence-corrected chi connectivity index (χ1v) is 6.54. The molecule has 0 saturated carbocycles. The number of hydrogen-bond donors (Lipinski definition) is 2. The van der Waals surface area contributed by atoms with Crippen molar-refractivity contribution in [1.29, 1.82) is 0 Å². The van der Waals surface area contributed by atoms with E-state index in [1.165, 1.54) is 0 Å². The molecule has 2 N–H and O–H groups in total. The summed E-state index contributed by atoms with van der Waals surface area (Å²) in [6.07, 6.45) is 2.16. The molecule has 2 unspecified atom stereocenters. The molecule has 1 saturated heterocycles. The van der Waals surface area contributed by atoms with E-state index in [2.05, 4.69) is 17.1 Å². The molecule has 2 aliphatic heterocycles. The summed E-state index contributed by atoms with van der Waals surface area (Å²) in [5, 5.41) is 23.8. The zero-order valence-electron chi connectivity index (χ0n) is 10.8. The fourth-order valence-corrected chi connectivity index (χ4v) is 3.20. The highest BCUT2D eigenvalue weighted by molar-refractivity contribution is 5.65. The number of hydrogen-bond acceptors (Lipinski definition) is 5. The second-order valence-corrected chi connectivity index (χ2v) is 5.21. The normalized spacial score (nSPS) is 25.1. The highest BCUT2D eigenvalue weighted by atomic mass is 16.6. The third kappa shape index (κ3) is 1.87. The molecule has 3 rings (SSSR count). The molecule has 0 bridgehead atoms. The van der Waals surface area contributed by atoms with Gasteiger partial charge in [0, 0.05) is 24.3 Å². The molecule has 2 aliphatic rings. The van der Waals surface area contributed by atoms with Crippen molar-refractivity contribution in [1.82, 2.24) is 5.32 Å². The Hall–Kier alpha value is -1.66. The van der Waals surface area contributed by atoms with Crippen LogP contribution in [-0.4, -0.2) is 28.8 Å². The van der Waals surface area contributed by atoms with Crippen molar-refractivity contribution in [3.05, 3.63) is 33.4 Å². The Morgan fingerprint density at radius 1 is 1.58 bits per heavy atom. The Kier molecular flexibility index (Phi) is 2.91. The fourth-order valence-electron chi connectivity index (χ4n) is 3.20. The smallest absolute Gasteiger partial charge is 0.277 e. The van der Waals surface area contributed by atoms with E-state index in [0.717, 1.165) is 30.6 Å². The van der Waals surface area contributed by atoms with E-state index in [9.17, 15) is 15.2 Å². The Morgan fingerprint density at radius 2 is 2.37 bits per heavy atom. The SMILES string of the molecule is CC1NCC2CCc3cc(CO)c([N+](=O)[O-])cc3N21. The number of rotatable bonds is 2. The minimum absolute atomic E-state index is 0.0148. The quantitative estimate of drug-likeness (QED) is 0.618. The molecule has 0 amide bonds. The van der Waals surface area contributed by atoms with E-state index in [1.54, 1.807) is 12.1 Å². The molecule has 1 aromatic rings. The van der Waals surface area contributed by atoms with Crippen LogP contribution < -0.4 is 10.2 Å². The molecule has 1 fully saturated rings. The van der Waals surface area contributed by atoms with Gasteiger partial charge in [-0.15, -0.1) is 0 Å². The first kappa shape index (κ1) is 12.4. The van der Waals surface area contributed by atoms with Gasteiger partial charge in [-0.3, -0.25) is 15.4 Å². The molecule has 2 heterocycles. The lowest BCUT2D eigenvalue weighted by molar-refractivity contribution is -0.385. The summed E-state index contributed by atoms with van der Waals surface area (Å²) in [6.45, 7) is 2.71. The van der Waals surface area contributed by atoms with Crippen molar-refractivity contribution in [2.75, 3.05) is 11.4 Å². The van der Waals surface area contributed by atoms with Crippen molar-refractivity contribution in [3.63, 3.8) is 0 Å². The number of nitrogens with zero attached hydrogens (tertiary/aromatic N) is 2. The number of benzene rings is 1. The van der Waals surface area contributed by atoms with Gasteiger partial charge in [0.05, 0.1) is 23.3 Å². The minimum Gasteiger partial charge on any atom is -0.391 e. The number of aliphatic hydroxyl groups is 1. The van der Waals surface area contributed by atoms with Crippen molar-refractivity contribution < 1.29 is 10.0 Å². The first-order valence-electron chi connectivity index (χ1n) is 6.54. The predicted molar refractivity (Wildman–Crippen MR) is 71.1 cm³/mol. The Morgan fingerprint density at radius 3 is 3.05 bits per heavy atom. The molecule has 0 spiro atoms.